The Morgan fingerprint density at radius 3 is 2.13 bits per heavy atom. The summed E-state index contributed by atoms with van der Waals surface area (Å²) >= 11 is 0. The van der Waals surface area contributed by atoms with Crippen molar-refractivity contribution < 1.29 is 9.90 Å². The van der Waals surface area contributed by atoms with Crippen molar-refractivity contribution in [1.82, 2.24) is 4.57 Å². The van der Waals surface area contributed by atoms with Gasteiger partial charge in [-0.1, -0.05) is 78.1 Å². The van der Waals surface area contributed by atoms with E-state index in [4.69, 9.17) is 5.11 Å². The molecule has 0 saturated heterocycles. The first-order valence-electron chi connectivity index (χ1n) is 9.52. The van der Waals surface area contributed by atoms with Crippen LogP contribution in [0.25, 0.3) is 0 Å². The highest BCUT2D eigenvalue weighted by atomic mass is 16.4. The second-order valence-electron chi connectivity index (χ2n) is 6.98. The molecular weight excluding hydrogens is 286 g/mol. The van der Waals surface area contributed by atoms with E-state index in [2.05, 4.69) is 13.8 Å². The SMILES string of the molecule is CCCCCCCCCCCCC(C)Cn1ccc(C(=O)O)c1. The normalized spacial score (nSPS) is 12.4. The first kappa shape index (κ1) is 19.8. The molecule has 0 aromatic carbocycles. The molecule has 1 unspecified atom stereocenters. The van der Waals surface area contributed by atoms with Crippen LogP contribution in [0.3, 0.4) is 0 Å². The maximum atomic E-state index is 10.9. The topological polar surface area (TPSA) is 42.2 Å². The summed E-state index contributed by atoms with van der Waals surface area (Å²) in [6, 6.07) is 1.68. The Balaban J connectivity index is 1.97. The second kappa shape index (κ2) is 12.2. The van der Waals surface area contributed by atoms with E-state index >= 15 is 0 Å². The fraction of sp³-hybridized carbons (Fsp3) is 0.750. The van der Waals surface area contributed by atoms with Crippen LogP contribution in [0.4, 0.5) is 0 Å². The molecule has 3 heteroatoms. The van der Waals surface area contributed by atoms with Gasteiger partial charge in [-0.3, -0.25) is 0 Å². The van der Waals surface area contributed by atoms with Crippen LogP contribution in [0, 0.1) is 5.92 Å². The highest BCUT2D eigenvalue weighted by Gasteiger charge is 2.07. The number of aromatic nitrogens is 1. The summed E-state index contributed by atoms with van der Waals surface area (Å²) in [7, 11) is 0. The van der Waals surface area contributed by atoms with Crippen molar-refractivity contribution in [2.75, 3.05) is 0 Å². The van der Waals surface area contributed by atoms with Gasteiger partial charge in [0, 0.05) is 18.9 Å². The molecule has 0 radical (unpaired) electrons. The smallest absolute Gasteiger partial charge is 0.337 e. The van der Waals surface area contributed by atoms with Crippen LogP contribution in [0.15, 0.2) is 18.5 Å². The van der Waals surface area contributed by atoms with Crippen molar-refractivity contribution in [3.05, 3.63) is 24.0 Å². The minimum Gasteiger partial charge on any atom is -0.478 e. The summed E-state index contributed by atoms with van der Waals surface area (Å²) < 4.78 is 2.00. The fourth-order valence-corrected chi connectivity index (χ4v) is 3.11. The molecule has 1 aromatic heterocycles. The third kappa shape index (κ3) is 9.47. The molecule has 0 spiro atoms. The lowest BCUT2D eigenvalue weighted by molar-refractivity contribution is 0.0697. The van der Waals surface area contributed by atoms with Crippen LogP contribution in [-0.2, 0) is 6.54 Å². The molecular formula is C20H35NO2. The van der Waals surface area contributed by atoms with Crippen molar-refractivity contribution in [1.29, 1.82) is 0 Å². The monoisotopic (exact) mass is 321 g/mol. The quantitative estimate of drug-likeness (QED) is 0.419. The molecule has 0 aliphatic carbocycles. The molecule has 1 heterocycles. The molecule has 1 rings (SSSR count). The van der Waals surface area contributed by atoms with E-state index in [1.54, 1.807) is 12.3 Å². The van der Waals surface area contributed by atoms with Crippen molar-refractivity contribution in [2.24, 2.45) is 5.92 Å². The zero-order valence-electron chi connectivity index (χ0n) is 15.1. The van der Waals surface area contributed by atoms with E-state index < -0.39 is 5.97 Å². The predicted molar refractivity (Wildman–Crippen MR) is 97.0 cm³/mol. The number of nitrogens with zero attached hydrogens (tertiary/aromatic N) is 1. The van der Waals surface area contributed by atoms with Crippen molar-refractivity contribution >= 4 is 5.97 Å². The first-order valence-corrected chi connectivity index (χ1v) is 9.52. The average molecular weight is 322 g/mol. The minimum absolute atomic E-state index is 0.385. The number of rotatable bonds is 14. The van der Waals surface area contributed by atoms with Gasteiger partial charge in [0.2, 0.25) is 0 Å². The lowest BCUT2D eigenvalue weighted by Gasteiger charge is -2.12. The Kier molecular flexibility index (Phi) is 10.5. The summed E-state index contributed by atoms with van der Waals surface area (Å²) in [5.41, 5.74) is 0.385. The van der Waals surface area contributed by atoms with Crippen LogP contribution in [0.5, 0.6) is 0 Å². The number of unbranched alkanes of at least 4 members (excludes halogenated alkanes) is 9. The van der Waals surface area contributed by atoms with Gasteiger partial charge in [-0.2, -0.15) is 0 Å². The fourth-order valence-electron chi connectivity index (χ4n) is 3.11. The number of hydrogen-bond acceptors (Lipinski definition) is 1. The lowest BCUT2D eigenvalue weighted by atomic mass is 10.0. The Morgan fingerprint density at radius 1 is 1.04 bits per heavy atom. The minimum atomic E-state index is -0.842. The molecule has 1 aromatic rings. The predicted octanol–water partition coefficient (Wildman–Crippen LogP) is 6.13. The summed E-state index contributed by atoms with van der Waals surface area (Å²) in [5, 5.41) is 8.92. The number of aromatic carboxylic acids is 1. The lowest BCUT2D eigenvalue weighted by Crippen LogP contribution is -2.06. The van der Waals surface area contributed by atoms with E-state index in [0.29, 0.717) is 11.5 Å². The molecule has 0 aliphatic heterocycles. The van der Waals surface area contributed by atoms with Gasteiger partial charge < -0.3 is 9.67 Å². The van der Waals surface area contributed by atoms with Crippen molar-refractivity contribution in [2.45, 2.75) is 91.0 Å². The third-order valence-electron chi connectivity index (χ3n) is 4.57. The van der Waals surface area contributed by atoms with Gasteiger partial charge in [0.15, 0.2) is 0 Å². The van der Waals surface area contributed by atoms with Crippen LogP contribution < -0.4 is 0 Å². The Bertz CT molecular complexity index is 425. The molecule has 0 bridgehead atoms. The zero-order valence-corrected chi connectivity index (χ0v) is 15.1. The molecule has 132 valence electrons. The van der Waals surface area contributed by atoms with Crippen LogP contribution in [0.1, 0.15) is 94.8 Å². The largest absolute Gasteiger partial charge is 0.478 e. The van der Waals surface area contributed by atoms with E-state index in [1.165, 1.54) is 70.6 Å². The van der Waals surface area contributed by atoms with Gasteiger partial charge in [0.1, 0.15) is 0 Å². The summed E-state index contributed by atoms with van der Waals surface area (Å²) in [5.74, 6) is -0.232. The summed E-state index contributed by atoms with van der Waals surface area (Å²) in [6.45, 7) is 5.45. The van der Waals surface area contributed by atoms with E-state index in [9.17, 15) is 4.79 Å². The molecule has 0 saturated carbocycles. The van der Waals surface area contributed by atoms with E-state index in [1.807, 2.05) is 10.8 Å². The Morgan fingerprint density at radius 2 is 1.61 bits per heavy atom. The maximum Gasteiger partial charge on any atom is 0.337 e. The maximum absolute atomic E-state index is 10.9. The standard InChI is InChI=1S/C20H35NO2/c1-3-4-5-6-7-8-9-10-11-12-13-18(2)16-21-15-14-19(17-21)20(22)23/h14-15,17-18H,3-13,16H2,1-2H3,(H,22,23). The Labute approximate surface area is 142 Å². The third-order valence-corrected chi connectivity index (χ3v) is 4.57. The molecule has 1 atom stereocenters. The van der Waals surface area contributed by atoms with Gasteiger partial charge in [-0.15, -0.1) is 0 Å². The van der Waals surface area contributed by atoms with E-state index in [-0.39, 0.29) is 0 Å². The number of carboxylic acid groups (broad SMARTS) is 1. The summed E-state index contributed by atoms with van der Waals surface area (Å²) in [6.07, 6.45) is 18.6. The highest BCUT2D eigenvalue weighted by molar-refractivity contribution is 5.87. The molecule has 23 heavy (non-hydrogen) atoms. The molecule has 0 fully saturated rings. The molecule has 0 aliphatic rings. The highest BCUT2D eigenvalue weighted by Crippen LogP contribution is 2.15. The van der Waals surface area contributed by atoms with Gasteiger partial charge in [0.25, 0.3) is 0 Å². The van der Waals surface area contributed by atoms with Gasteiger partial charge in [-0.05, 0) is 18.4 Å². The molecule has 3 nitrogen and oxygen atoms in total. The average Bonchev–Trinajstić information content (AvgIpc) is 2.98. The zero-order chi connectivity index (χ0) is 16.9. The molecule has 1 N–H and O–H groups in total. The van der Waals surface area contributed by atoms with Gasteiger partial charge >= 0.3 is 5.97 Å². The number of carbonyl (C=O) groups is 1. The molecule has 0 amide bonds. The van der Waals surface area contributed by atoms with Crippen LogP contribution in [-0.4, -0.2) is 15.6 Å². The first-order chi connectivity index (χ1) is 11.1. The number of carboxylic acids is 1. The van der Waals surface area contributed by atoms with Crippen molar-refractivity contribution in [3.8, 4) is 0 Å². The van der Waals surface area contributed by atoms with Crippen LogP contribution in [0.2, 0.25) is 0 Å². The van der Waals surface area contributed by atoms with Gasteiger partial charge in [-0.25, -0.2) is 4.79 Å². The van der Waals surface area contributed by atoms with Gasteiger partial charge in [0.05, 0.1) is 5.56 Å². The summed E-state index contributed by atoms with van der Waals surface area (Å²) in [4.78, 5) is 10.9. The Hall–Kier alpha value is -1.25. The van der Waals surface area contributed by atoms with Crippen LogP contribution >= 0.6 is 0 Å². The van der Waals surface area contributed by atoms with E-state index in [0.717, 1.165) is 6.54 Å². The number of hydrogen-bond donors (Lipinski definition) is 1. The van der Waals surface area contributed by atoms with Crippen molar-refractivity contribution in [3.63, 3.8) is 0 Å². The second-order valence-corrected chi connectivity index (χ2v) is 6.98.